The van der Waals surface area contributed by atoms with Crippen LogP contribution in [0.25, 0.3) is 0 Å². The molecular weight excluding hydrogens is 407 g/mol. The zero-order chi connectivity index (χ0) is 20.5. The third kappa shape index (κ3) is 5.00. The molecule has 5 nitrogen and oxygen atoms in total. The minimum absolute atomic E-state index is 0. The van der Waals surface area contributed by atoms with Gasteiger partial charge < -0.3 is 15.4 Å². The Morgan fingerprint density at radius 3 is 2.69 bits per heavy atom. The van der Waals surface area contributed by atoms with E-state index in [2.05, 4.69) is 29.5 Å². The first kappa shape index (κ1) is 23.0. The lowest BCUT2D eigenvalue weighted by atomic mass is 9.83. The van der Waals surface area contributed by atoms with Gasteiger partial charge in [0.1, 0.15) is 5.75 Å². The number of fused-ring (bicyclic) bond motifs is 1. The summed E-state index contributed by atoms with van der Waals surface area (Å²) in [7, 11) is 0. The van der Waals surface area contributed by atoms with Crippen molar-refractivity contribution in [2.24, 2.45) is 0 Å². The molecule has 0 unspecified atom stereocenters. The van der Waals surface area contributed by atoms with Crippen molar-refractivity contribution in [2.45, 2.75) is 38.9 Å². The first-order valence-electron chi connectivity index (χ1n) is 8.97. The SMILES string of the molecule is CCOc1ccc(C(=O)Nc2cnc3c(c2)CNCC3(C)C)cc1C(F)(F)F.Cl. The molecule has 9 heteroatoms. The number of aromatic nitrogens is 1. The number of pyridine rings is 1. The van der Waals surface area contributed by atoms with E-state index in [0.717, 1.165) is 23.9 Å². The number of carbonyl (C=O) groups is 1. The molecular formula is C20H23ClF3N3O2. The zero-order valence-electron chi connectivity index (χ0n) is 16.3. The average Bonchev–Trinajstić information content (AvgIpc) is 2.61. The summed E-state index contributed by atoms with van der Waals surface area (Å²) < 4.78 is 44.9. The molecule has 3 rings (SSSR count). The Kier molecular flexibility index (Phi) is 6.80. The highest BCUT2D eigenvalue weighted by Gasteiger charge is 2.35. The number of ether oxygens (including phenoxy) is 1. The lowest BCUT2D eigenvalue weighted by Gasteiger charge is -2.32. The lowest BCUT2D eigenvalue weighted by molar-refractivity contribution is -0.138. The molecule has 1 amide bonds. The van der Waals surface area contributed by atoms with Crippen LogP contribution in [-0.2, 0) is 18.1 Å². The Morgan fingerprint density at radius 1 is 1.31 bits per heavy atom. The monoisotopic (exact) mass is 429 g/mol. The quantitative estimate of drug-likeness (QED) is 0.748. The molecule has 0 saturated carbocycles. The first-order valence-corrected chi connectivity index (χ1v) is 8.97. The number of carbonyl (C=O) groups excluding carboxylic acids is 1. The van der Waals surface area contributed by atoms with Crippen LogP contribution in [0.3, 0.4) is 0 Å². The van der Waals surface area contributed by atoms with Crippen LogP contribution in [-0.4, -0.2) is 24.0 Å². The molecule has 29 heavy (non-hydrogen) atoms. The fourth-order valence-corrected chi connectivity index (χ4v) is 3.29. The molecule has 0 fully saturated rings. The van der Waals surface area contributed by atoms with E-state index in [-0.39, 0.29) is 35.7 Å². The van der Waals surface area contributed by atoms with E-state index in [9.17, 15) is 18.0 Å². The summed E-state index contributed by atoms with van der Waals surface area (Å²) in [6.45, 7) is 7.26. The van der Waals surface area contributed by atoms with Crippen molar-refractivity contribution in [3.63, 3.8) is 0 Å². The second-order valence-corrected chi connectivity index (χ2v) is 7.31. The highest BCUT2D eigenvalue weighted by atomic mass is 35.5. The lowest BCUT2D eigenvalue weighted by Crippen LogP contribution is -2.39. The Bertz CT molecular complexity index is 901. The van der Waals surface area contributed by atoms with Crippen molar-refractivity contribution in [1.82, 2.24) is 10.3 Å². The summed E-state index contributed by atoms with van der Waals surface area (Å²) in [4.78, 5) is 17.0. The van der Waals surface area contributed by atoms with Crippen LogP contribution < -0.4 is 15.4 Å². The van der Waals surface area contributed by atoms with E-state index in [4.69, 9.17) is 4.74 Å². The minimum atomic E-state index is -4.62. The van der Waals surface area contributed by atoms with Gasteiger partial charge in [0, 0.05) is 24.1 Å². The number of alkyl halides is 3. The number of hydrogen-bond acceptors (Lipinski definition) is 4. The summed E-state index contributed by atoms with van der Waals surface area (Å²) in [5.74, 6) is -0.936. The standard InChI is InChI=1S/C20H22F3N3O2.ClH/c1-4-28-16-6-5-12(8-15(16)20(21,22)23)18(27)26-14-7-13-9-24-11-19(2,3)17(13)25-10-14;/h5-8,10,24H,4,9,11H2,1-3H3,(H,26,27);1H. The molecule has 1 aromatic heterocycles. The number of anilines is 1. The molecule has 0 spiro atoms. The highest BCUT2D eigenvalue weighted by Crippen LogP contribution is 2.37. The summed E-state index contributed by atoms with van der Waals surface area (Å²) in [6, 6.07) is 5.08. The van der Waals surface area contributed by atoms with Gasteiger partial charge in [-0.2, -0.15) is 13.2 Å². The third-order valence-electron chi connectivity index (χ3n) is 4.59. The molecule has 0 aliphatic carbocycles. The van der Waals surface area contributed by atoms with Crippen molar-refractivity contribution in [2.75, 3.05) is 18.5 Å². The van der Waals surface area contributed by atoms with Crippen LogP contribution in [0.15, 0.2) is 30.5 Å². The van der Waals surface area contributed by atoms with Crippen LogP contribution in [0.1, 0.15) is 48.0 Å². The number of amides is 1. The fourth-order valence-electron chi connectivity index (χ4n) is 3.29. The summed E-state index contributed by atoms with van der Waals surface area (Å²) in [5.41, 5.74) is 1.13. The van der Waals surface area contributed by atoms with Gasteiger partial charge in [-0.25, -0.2) is 0 Å². The van der Waals surface area contributed by atoms with E-state index in [1.54, 1.807) is 13.0 Å². The molecule has 2 aromatic rings. The molecule has 1 aromatic carbocycles. The van der Waals surface area contributed by atoms with Crippen LogP contribution in [0.5, 0.6) is 5.75 Å². The fraction of sp³-hybridized carbons (Fsp3) is 0.400. The first-order chi connectivity index (χ1) is 13.1. The Morgan fingerprint density at radius 2 is 2.03 bits per heavy atom. The number of hydrogen-bond donors (Lipinski definition) is 2. The Balaban J connectivity index is 0.00000300. The van der Waals surface area contributed by atoms with E-state index in [1.807, 2.05) is 0 Å². The Labute approximate surface area is 173 Å². The van der Waals surface area contributed by atoms with Gasteiger partial charge in [0.05, 0.1) is 29.7 Å². The van der Waals surface area contributed by atoms with Crippen molar-refractivity contribution in [1.29, 1.82) is 0 Å². The predicted octanol–water partition coefficient (Wildman–Crippen LogP) is 4.55. The second-order valence-electron chi connectivity index (χ2n) is 7.31. The molecule has 1 aliphatic heterocycles. The van der Waals surface area contributed by atoms with E-state index in [1.165, 1.54) is 18.3 Å². The van der Waals surface area contributed by atoms with Gasteiger partial charge in [-0.3, -0.25) is 9.78 Å². The summed E-state index contributed by atoms with van der Waals surface area (Å²) >= 11 is 0. The van der Waals surface area contributed by atoms with Gasteiger partial charge in [-0.15, -0.1) is 12.4 Å². The summed E-state index contributed by atoms with van der Waals surface area (Å²) in [5, 5.41) is 5.92. The van der Waals surface area contributed by atoms with Crippen LogP contribution >= 0.6 is 12.4 Å². The molecule has 0 radical (unpaired) electrons. The highest BCUT2D eigenvalue weighted by molar-refractivity contribution is 6.04. The van der Waals surface area contributed by atoms with Gasteiger partial charge in [0.15, 0.2) is 0 Å². The topological polar surface area (TPSA) is 63.2 Å². The summed E-state index contributed by atoms with van der Waals surface area (Å²) in [6.07, 6.45) is -3.09. The smallest absolute Gasteiger partial charge is 0.419 e. The van der Waals surface area contributed by atoms with E-state index >= 15 is 0 Å². The van der Waals surface area contributed by atoms with Crippen molar-refractivity contribution in [3.05, 3.63) is 52.8 Å². The van der Waals surface area contributed by atoms with Crippen molar-refractivity contribution < 1.29 is 22.7 Å². The molecule has 2 N–H and O–H groups in total. The van der Waals surface area contributed by atoms with Gasteiger partial charge in [-0.1, -0.05) is 13.8 Å². The largest absolute Gasteiger partial charge is 0.493 e. The van der Waals surface area contributed by atoms with Gasteiger partial charge >= 0.3 is 6.18 Å². The van der Waals surface area contributed by atoms with Gasteiger partial charge in [0.2, 0.25) is 0 Å². The Hall–Kier alpha value is -2.32. The molecule has 0 atom stereocenters. The number of nitrogens with zero attached hydrogens (tertiary/aromatic N) is 1. The molecule has 1 aliphatic rings. The molecule has 158 valence electrons. The second kappa shape index (κ2) is 8.59. The number of benzene rings is 1. The van der Waals surface area contributed by atoms with Crippen molar-refractivity contribution in [3.8, 4) is 5.75 Å². The molecule has 2 heterocycles. The van der Waals surface area contributed by atoms with Crippen LogP contribution in [0.4, 0.5) is 18.9 Å². The predicted molar refractivity (Wildman–Crippen MR) is 107 cm³/mol. The zero-order valence-corrected chi connectivity index (χ0v) is 17.1. The number of rotatable bonds is 4. The van der Waals surface area contributed by atoms with E-state index in [0.29, 0.717) is 12.2 Å². The van der Waals surface area contributed by atoms with Gasteiger partial charge in [-0.05, 0) is 36.8 Å². The third-order valence-corrected chi connectivity index (χ3v) is 4.59. The van der Waals surface area contributed by atoms with Gasteiger partial charge in [0.25, 0.3) is 5.91 Å². The number of halogens is 4. The normalized spacial score (nSPS) is 15.1. The molecule has 0 bridgehead atoms. The maximum Gasteiger partial charge on any atom is 0.419 e. The average molecular weight is 430 g/mol. The maximum absolute atomic E-state index is 13.3. The molecule has 0 saturated heterocycles. The van der Waals surface area contributed by atoms with Crippen LogP contribution in [0, 0.1) is 0 Å². The van der Waals surface area contributed by atoms with Crippen molar-refractivity contribution >= 4 is 24.0 Å². The minimum Gasteiger partial charge on any atom is -0.493 e. The van der Waals surface area contributed by atoms with E-state index < -0.39 is 17.6 Å². The maximum atomic E-state index is 13.3. The number of nitrogens with one attached hydrogen (secondary N) is 2. The van der Waals surface area contributed by atoms with Crippen LogP contribution in [0.2, 0.25) is 0 Å².